The number of nitrogens with two attached hydrogens (primary N) is 1. The van der Waals surface area contributed by atoms with E-state index in [0.717, 1.165) is 39.0 Å². The Bertz CT molecular complexity index is 949. The quantitative estimate of drug-likeness (QED) is 0.0580. The van der Waals surface area contributed by atoms with Crippen LogP contribution in [0.25, 0.3) is 0 Å². The molecule has 2 saturated heterocycles. The number of fused-ring (bicyclic) bond motifs is 1. The van der Waals surface area contributed by atoms with Crippen LogP contribution in [0.3, 0.4) is 0 Å². The van der Waals surface area contributed by atoms with Crippen molar-refractivity contribution in [2.24, 2.45) is 29.4 Å². The lowest BCUT2D eigenvalue weighted by Crippen LogP contribution is -3.00. The molecule has 0 aromatic carbocycles. The minimum Gasteiger partial charge on any atom is -1.00 e. The van der Waals surface area contributed by atoms with Gasteiger partial charge < -0.3 is 84.6 Å². The minimum atomic E-state index is -1.98. The van der Waals surface area contributed by atoms with Gasteiger partial charge in [0.25, 0.3) is 11.8 Å². The highest BCUT2D eigenvalue weighted by molar-refractivity contribution is 5.85. The number of hydrogen-bond acceptors (Lipinski definition) is 15. The number of carbonyl (C=O) groups excluding carboxylic acids is 4. The summed E-state index contributed by atoms with van der Waals surface area (Å²) in [4.78, 5) is 47.2. The predicted octanol–water partition coefficient (Wildman–Crippen LogP) is -4.46. The maximum Gasteiger partial charge on any atom is 0.339 e. The van der Waals surface area contributed by atoms with Gasteiger partial charge in [-0.1, -0.05) is 95.4 Å². The van der Waals surface area contributed by atoms with Gasteiger partial charge in [0.05, 0.1) is 6.54 Å². The molecular weight excluding hydrogens is 782 g/mol. The van der Waals surface area contributed by atoms with Crippen LogP contribution in [0, 0.1) is 23.7 Å². The van der Waals surface area contributed by atoms with Gasteiger partial charge in [0.15, 0.2) is 36.6 Å². The van der Waals surface area contributed by atoms with Crippen molar-refractivity contribution in [1.82, 2.24) is 15.5 Å². The monoisotopic (exact) mass is 866 g/mol. The number of esters is 2. The van der Waals surface area contributed by atoms with Crippen LogP contribution in [0.15, 0.2) is 0 Å². The molecule has 0 aliphatic carbocycles. The Morgan fingerprint density at radius 3 is 1.12 bits per heavy atom. The minimum absolute atomic E-state index is 0. The third kappa shape index (κ3) is 27.5. The molecule has 18 nitrogen and oxygen atoms in total. The first kappa shape index (κ1) is 64.9. The zero-order chi connectivity index (χ0) is 45.4. The summed E-state index contributed by atoms with van der Waals surface area (Å²) < 4.78 is 8.99. The first-order chi connectivity index (χ1) is 26.7. The molecule has 350 valence electrons. The van der Waals surface area contributed by atoms with Crippen LogP contribution in [0.1, 0.15) is 102 Å². The summed E-state index contributed by atoms with van der Waals surface area (Å²) in [6.07, 6.45) is -8.72. The molecule has 0 radical (unpaired) electrons. The fraction of sp³-hybridized carbons (Fsp3) is 0.897. The van der Waals surface area contributed by atoms with Crippen molar-refractivity contribution in [2.45, 2.75) is 151 Å². The van der Waals surface area contributed by atoms with Crippen molar-refractivity contribution in [3.8, 4) is 0 Å². The van der Waals surface area contributed by atoms with Crippen molar-refractivity contribution in [1.29, 1.82) is 0 Å². The predicted molar refractivity (Wildman–Crippen MR) is 218 cm³/mol. The lowest BCUT2D eigenvalue weighted by Gasteiger charge is -2.26. The topological polar surface area (TPSA) is 309 Å². The molecule has 2 fully saturated rings. The number of nitrogens with zero attached hydrogens (tertiary/aromatic N) is 1. The van der Waals surface area contributed by atoms with E-state index in [0.29, 0.717) is 19.0 Å². The Morgan fingerprint density at radius 2 is 0.948 bits per heavy atom. The number of aliphatic hydroxyl groups excluding tert-OH is 7. The number of ether oxygens (including phenoxy) is 2. The largest absolute Gasteiger partial charge is 1.00 e. The highest BCUT2D eigenvalue weighted by atomic mass is 35.5. The molecule has 0 aromatic rings. The maximum absolute atomic E-state index is 11.7. The zero-order valence-electron chi connectivity index (χ0n) is 37.4. The van der Waals surface area contributed by atoms with Gasteiger partial charge in [0, 0.05) is 26.1 Å². The number of nitrogens with one attached hydrogen (secondary N) is 2. The highest BCUT2D eigenvalue weighted by Gasteiger charge is 2.57. The van der Waals surface area contributed by atoms with E-state index in [2.05, 4.69) is 79.2 Å². The van der Waals surface area contributed by atoms with Gasteiger partial charge in [-0.25, -0.2) is 9.59 Å². The molecule has 58 heavy (non-hydrogen) atoms. The summed E-state index contributed by atoms with van der Waals surface area (Å²) in [6.45, 7) is 29.1. The number of amides is 2. The van der Waals surface area contributed by atoms with Crippen LogP contribution in [-0.2, 0) is 28.7 Å². The molecule has 2 aliphatic rings. The number of hydrogen-bond donors (Lipinski definition) is 11. The van der Waals surface area contributed by atoms with Crippen LogP contribution >= 0.6 is 0 Å². The van der Waals surface area contributed by atoms with Gasteiger partial charge >= 0.3 is 11.9 Å². The number of carbonyl (C=O) groups is 4. The molecule has 0 spiro atoms. The summed E-state index contributed by atoms with van der Waals surface area (Å²) >= 11 is 0. The Hall–Kier alpha value is -2.23. The van der Waals surface area contributed by atoms with Crippen LogP contribution in [-0.4, -0.2) is 166 Å². The van der Waals surface area contributed by atoms with Gasteiger partial charge in [0.2, 0.25) is 0 Å². The number of quaternary nitrogens is 1. The Kier molecular flexibility index (Phi) is 43.6. The van der Waals surface area contributed by atoms with Gasteiger partial charge in [-0.15, -0.1) is 0 Å². The summed E-state index contributed by atoms with van der Waals surface area (Å²) in [5.41, 5.74) is 9.04. The molecule has 0 bridgehead atoms. The van der Waals surface area contributed by atoms with E-state index < -0.39 is 72.6 Å². The van der Waals surface area contributed by atoms with Crippen molar-refractivity contribution >= 4 is 23.8 Å². The Morgan fingerprint density at radius 1 is 0.655 bits per heavy atom. The summed E-state index contributed by atoms with van der Waals surface area (Å²) in [7, 11) is 1.00. The molecule has 12 atom stereocenters. The van der Waals surface area contributed by atoms with Crippen molar-refractivity contribution in [3.63, 3.8) is 0 Å². The second-order valence-corrected chi connectivity index (χ2v) is 14.3. The van der Waals surface area contributed by atoms with E-state index in [4.69, 9.17) is 21.1 Å². The van der Waals surface area contributed by atoms with Gasteiger partial charge in [-0.05, 0) is 50.4 Å². The number of aliphatic hydroxyl groups is 7. The Labute approximate surface area is 354 Å². The van der Waals surface area contributed by atoms with Crippen LogP contribution in [0.2, 0.25) is 0 Å². The van der Waals surface area contributed by atoms with Crippen LogP contribution < -0.4 is 34.5 Å². The van der Waals surface area contributed by atoms with E-state index >= 15 is 0 Å². The van der Waals surface area contributed by atoms with E-state index in [1.54, 1.807) is 0 Å². The molecule has 0 aromatic heterocycles. The van der Waals surface area contributed by atoms with Gasteiger partial charge in [-0.2, -0.15) is 0 Å². The van der Waals surface area contributed by atoms with E-state index in [-0.39, 0.29) is 24.2 Å². The molecular formula is C39H84ClN5O13. The first-order valence-electron chi connectivity index (χ1n) is 20.4. The third-order valence-electron chi connectivity index (χ3n) is 9.74. The lowest BCUT2D eigenvalue weighted by atomic mass is 10.0. The zero-order valence-corrected chi connectivity index (χ0v) is 38.2. The second-order valence-electron chi connectivity index (χ2n) is 14.3. The van der Waals surface area contributed by atoms with Crippen molar-refractivity contribution in [2.75, 3.05) is 52.9 Å². The van der Waals surface area contributed by atoms with Crippen LogP contribution in [0.5, 0.6) is 0 Å². The number of halogens is 1. The van der Waals surface area contributed by atoms with E-state index in [9.17, 15) is 39.6 Å². The normalized spacial score (nSPS) is 21.6. The molecule has 2 amide bonds. The lowest BCUT2D eigenvalue weighted by molar-refractivity contribution is -0.378. The summed E-state index contributed by atoms with van der Waals surface area (Å²) in [5, 5.41) is 69.1. The average molecular weight is 867 g/mol. The van der Waals surface area contributed by atoms with Crippen LogP contribution in [0.4, 0.5) is 0 Å². The molecule has 2 heterocycles. The summed E-state index contributed by atoms with van der Waals surface area (Å²) in [5.74, 6) is -1.54. The SMILES string of the molecule is CCC(C)CN.CCC(C)CNC(=O)[C@@H](O)[C@@H](O)[C@H](O)[C@@H](O)C(=O)NCC(C)CC.CCC(C)C[NH3+].CCN(CC)CC.CO.O=C1O[C@H]2[C@H](OC(=O)[C@@H]2O)[C@@H]1O.[Cl-]. The van der Waals surface area contributed by atoms with Crippen molar-refractivity contribution < 1.29 is 82.5 Å². The fourth-order valence-electron chi connectivity index (χ4n) is 4.07. The molecule has 2 aliphatic heterocycles. The smallest absolute Gasteiger partial charge is 0.339 e. The Balaban J connectivity index is -0.000000227. The molecule has 2 rings (SSSR count). The maximum atomic E-state index is 11.7. The molecule has 0 saturated carbocycles. The van der Waals surface area contributed by atoms with Gasteiger partial charge in [-0.3, -0.25) is 9.59 Å². The summed E-state index contributed by atoms with van der Waals surface area (Å²) in [6, 6.07) is 0. The first-order valence-corrected chi connectivity index (χ1v) is 20.4. The molecule has 19 heteroatoms. The van der Waals surface area contributed by atoms with E-state index in [1.165, 1.54) is 32.5 Å². The highest BCUT2D eigenvalue weighted by Crippen LogP contribution is 2.28. The standard InChI is InChI=1S/C16H32N2O6.C6H15N.C6H6O6.2C5H13N.CH4O.ClH/c1-5-9(3)7-17-15(23)13(21)11(19)12(20)14(22)16(24)18-8-10(4)6-2;1-4-7(5-2)6-3;7-1-3-4(12-5(1)9)2(8)6(10)11-3;2*1-3-5(2)4-6;1-2;/h9-14,19-22H,5-8H2,1-4H3,(H,17,23)(H,18,24);4-6H2,1-3H3;1-4,7-8H;2*5H,3-4,6H2,1-2H3;2H,1H3;1H/t9?,10?,11-,12-,13-,14+;;1-,2+,3-,4-;;;;/m0.1..../s1. The molecule has 14 N–H and O–H groups in total. The number of rotatable bonds is 18. The third-order valence-corrected chi connectivity index (χ3v) is 9.74. The molecule has 4 unspecified atom stereocenters. The van der Waals surface area contributed by atoms with Gasteiger partial charge in [0.1, 0.15) is 12.2 Å². The second kappa shape index (κ2) is 38.9. The average Bonchev–Trinajstić information content (AvgIpc) is 3.68. The fourth-order valence-corrected chi connectivity index (χ4v) is 4.07. The van der Waals surface area contributed by atoms with Crippen molar-refractivity contribution in [3.05, 3.63) is 0 Å². The van der Waals surface area contributed by atoms with E-state index in [1.807, 2.05) is 27.7 Å².